The molecule has 0 aromatic heterocycles. The van der Waals surface area contributed by atoms with Crippen molar-refractivity contribution in [3.63, 3.8) is 0 Å². The van der Waals surface area contributed by atoms with Gasteiger partial charge in [0, 0.05) is 18.7 Å². The molecular weight excluding hydrogens is 268 g/mol. The summed E-state index contributed by atoms with van der Waals surface area (Å²) in [5.74, 6) is 0.490. The largest absolute Gasteiger partial charge is 0.490 e. The first-order valence-electron chi connectivity index (χ1n) is 7.08. The molecule has 0 fully saturated rings. The molecule has 5 heteroatoms. The number of fused-ring (bicyclic) bond motifs is 1. The number of carbonyl (C=O) groups excluding carboxylic acids is 2. The highest BCUT2D eigenvalue weighted by atomic mass is 16.5. The Hall–Kier alpha value is -2.04. The first kappa shape index (κ1) is 15.4. The fourth-order valence-electron chi connectivity index (χ4n) is 2.15. The summed E-state index contributed by atoms with van der Waals surface area (Å²) in [4.78, 5) is 25.8. The van der Waals surface area contributed by atoms with E-state index >= 15 is 0 Å². The summed E-state index contributed by atoms with van der Waals surface area (Å²) < 4.78 is 5.74. The Labute approximate surface area is 125 Å². The van der Waals surface area contributed by atoms with Gasteiger partial charge in [0.15, 0.2) is 0 Å². The molecule has 1 heterocycles. The van der Waals surface area contributed by atoms with Crippen LogP contribution < -0.4 is 15.0 Å². The molecule has 114 valence electrons. The van der Waals surface area contributed by atoms with E-state index in [2.05, 4.69) is 5.32 Å². The first-order valence-corrected chi connectivity index (χ1v) is 7.08. The number of hydrogen-bond donors (Lipinski definition) is 1. The van der Waals surface area contributed by atoms with E-state index in [1.807, 2.05) is 27.7 Å². The Morgan fingerprint density at radius 2 is 2.05 bits per heavy atom. The van der Waals surface area contributed by atoms with E-state index in [4.69, 9.17) is 4.74 Å². The van der Waals surface area contributed by atoms with E-state index in [1.165, 1.54) is 0 Å². The monoisotopic (exact) mass is 290 g/mol. The zero-order valence-electron chi connectivity index (χ0n) is 13.2. The predicted octanol–water partition coefficient (Wildman–Crippen LogP) is 2.66. The number of rotatable bonds is 2. The van der Waals surface area contributed by atoms with Crippen LogP contribution in [0.15, 0.2) is 18.2 Å². The average Bonchev–Trinajstić information content (AvgIpc) is 2.50. The van der Waals surface area contributed by atoms with Crippen LogP contribution in [0.25, 0.3) is 0 Å². The predicted molar refractivity (Wildman–Crippen MR) is 82.6 cm³/mol. The minimum atomic E-state index is -0.574. The summed E-state index contributed by atoms with van der Waals surface area (Å²) in [5.41, 5.74) is 0.761. The highest BCUT2D eigenvalue weighted by Gasteiger charge is 2.36. The van der Waals surface area contributed by atoms with Crippen molar-refractivity contribution >= 4 is 23.2 Å². The van der Waals surface area contributed by atoms with Gasteiger partial charge >= 0.3 is 0 Å². The normalized spacial score (nSPS) is 17.0. The Bertz CT molecular complexity index is 579. The highest BCUT2D eigenvalue weighted by molar-refractivity contribution is 6.00. The molecule has 0 radical (unpaired) electrons. The van der Waals surface area contributed by atoms with Gasteiger partial charge in [0.05, 0.1) is 11.1 Å². The molecule has 0 unspecified atom stereocenters. The number of nitrogens with zero attached hydrogens (tertiary/aromatic N) is 1. The molecule has 0 atom stereocenters. The molecule has 2 rings (SSSR count). The van der Waals surface area contributed by atoms with Gasteiger partial charge < -0.3 is 15.0 Å². The van der Waals surface area contributed by atoms with Gasteiger partial charge in [-0.15, -0.1) is 0 Å². The van der Waals surface area contributed by atoms with E-state index in [-0.39, 0.29) is 17.7 Å². The summed E-state index contributed by atoms with van der Waals surface area (Å²) in [6.45, 7) is 7.72. The number of carbonyl (C=O) groups is 2. The van der Waals surface area contributed by atoms with Gasteiger partial charge in [0.25, 0.3) is 0 Å². The molecular formula is C16H22N2O3. The van der Waals surface area contributed by atoms with Crippen LogP contribution in [0.4, 0.5) is 11.4 Å². The highest BCUT2D eigenvalue weighted by Crippen LogP contribution is 2.37. The summed E-state index contributed by atoms with van der Waals surface area (Å²) in [5, 5.41) is 2.84. The number of benzene rings is 1. The van der Waals surface area contributed by atoms with E-state index in [0.717, 1.165) is 0 Å². The molecule has 21 heavy (non-hydrogen) atoms. The van der Waals surface area contributed by atoms with Crippen LogP contribution in [-0.2, 0) is 9.59 Å². The number of hydrogen-bond acceptors (Lipinski definition) is 3. The third kappa shape index (κ3) is 3.01. The van der Waals surface area contributed by atoms with Crippen LogP contribution >= 0.6 is 0 Å². The fourth-order valence-corrected chi connectivity index (χ4v) is 2.15. The Morgan fingerprint density at radius 3 is 2.67 bits per heavy atom. The van der Waals surface area contributed by atoms with Crippen LogP contribution in [0.2, 0.25) is 0 Å². The maximum absolute atomic E-state index is 12.4. The second-order valence-electron chi connectivity index (χ2n) is 6.36. The van der Waals surface area contributed by atoms with Gasteiger partial charge in [-0.1, -0.05) is 13.8 Å². The summed E-state index contributed by atoms with van der Waals surface area (Å²) in [6, 6.07) is 5.35. The minimum Gasteiger partial charge on any atom is -0.490 e. The van der Waals surface area contributed by atoms with Gasteiger partial charge in [-0.3, -0.25) is 9.59 Å². The van der Waals surface area contributed by atoms with E-state index in [1.54, 1.807) is 30.1 Å². The first-order chi connectivity index (χ1) is 9.72. The van der Waals surface area contributed by atoms with Gasteiger partial charge in [0.1, 0.15) is 12.4 Å². The van der Waals surface area contributed by atoms with E-state index in [9.17, 15) is 9.59 Å². The van der Waals surface area contributed by atoms with Crippen LogP contribution in [0.3, 0.4) is 0 Å². The third-order valence-corrected chi connectivity index (χ3v) is 3.58. The van der Waals surface area contributed by atoms with Crippen LogP contribution in [-0.4, -0.2) is 25.5 Å². The smallest absolute Gasteiger partial charge is 0.235 e. The average molecular weight is 290 g/mol. The lowest BCUT2D eigenvalue weighted by molar-refractivity contribution is -0.127. The molecule has 0 aliphatic carbocycles. The molecule has 1 N–H and O–H groups in total. The van der Waals surface area contributed by atoms with Crippen molar-refractivity contribution in [3.05, 3.63) is 18.2 Å². The van der Waals surface area contributed by atoms with Gasteiger partial charge in [-0.25, -0.2) is 0 Å². The number of nitrogens with one attached hydrogen (secondary N) is 1. The molecule has 0 saturated carbocycles. The van der Waals surface area contributed by atoms with E-state index in [0.29, 0.717) is 23.7 Å². The van der Waals surface area contributed by atoms with Crippen molar-refractivity contribution in [1.82, 2.24) is 0 Å². The SMILES string of the molecule is CC(C)C(=O)Nc1ccc2c(c1)N(C)C(=O)C(C)(C)CO2. The molecule has 0 saturated heterocycles. The maximum atomic E-state index is 12.4. The molecule has 1 aromatic carbocycles. The lowest BCUT2D eigenvalue weighted by Gasteiger charge is -2.24. The quantitative estimate of drug-likeness (QED) is 0.911. The number of anilines is 2. The van der Waals surface area contributed by atoms with Crippen molar-refractivity contribution in [1.29, 1.82) is 0 Å². The topological polar surface area (TPSA) is 58.6 Å². The minimum absolute atomic E-state index is 0.00594. The molecule has 5 nitrogen and oxygen atoms in total. The lowest BCUT2D eigenvalue weighted by atomic mass is 9.93. The molecule has 1 aromatic rings. The van der Waals surface area contributed by atoms with Crippen molar-refractivity contribution in [2.75, 3.05) is 23.9 Å². The molecule has 1 aliphatic rings. The van der Waals surface area contributed by atoms with Crippen LogP contribution in [0.1, 0.15) is 27.7 Å². The summed E-state index contributed by atoms with van der Waals surface area (Å²) in [7, 11) is 1.73. The number of ether oxygens (including phenoxy) is 1. The van der Waals surface area contributed by atoms with Gasteiger partial charge in [-0.05, 0) is 32.0 Å². The standard InChI is InChI=1S/C16H22N2O3/c1-10(2)14(19)17-11-6-7-13-12(8-11)18(5)15(20)16(3,4)9-21-13/h6-8,10H,9H2,1-5H3,(H,17,19). The Morgan fingerprint density at radius 1 is 1.38 bits per heavy atom. The van der Waals surface area contributed by atoms with Crippen molar-refractivity contribution < 1.29 is 14.3 Å². The zero-order valence-corrected chi connectivity index (χ0v) is 13.2. The molecule has 2 amide bonds. The second kappa shape index (κ2) is 5.39. The molecule has 0 bridgehead atoms. The maximum Gasteiger partial charge on any atom is 0.235 e. The molecule has 1 aliphatic heterocycles. The van der Waals surface area contributed by atoms with Gasteiger partial charge in [0.2, 0.25) is 11.8 Å². The lowest BCUT2D eigenvalue weighted by Crippen LogP contribution is -2.39. The fraction of sp³-hybridized carbons (Fsp3) is 0.500. The van der Waals surface area contributed by atoms with Crippen LogP contribution in [0, 0.1) is 11.3 Å². The van der Waals surface area contributed by atoms with Crippen molar-refractivity contribution in [2.24, 2.45) is 11.3 Å². The van der Waals surface area contributed by atoms with Crippen molar-refractivity contribution in [2.45, 2.75) is 27.7 Å². The summed E-state index contributed by atoms with van der Waals surface area (Å²) in [6.07, 6.45) is 0. The van der Waals surface area contributed by atoms with E-state index < -0.39 is 5.41 Å². The molecule has 0 spiro atoms. The van der Waals surface area contributed by atoms with Crippen LogP contribution in [0.5, 0.6) is 5.75 Å². The Balaban J connectivity index is 2.34. The van der Waals surface area contributed by atoms with Crippen molar-refractivity contribution in [3.8, 4) is 5.75 Å². The zero-order chi connectivity index (χ0) is 15.8. The summed E-state index contributed by atoms with van der Waals surface area (Å²) >= 11 is 0. The number of amides is 2. The second-order valence-corrected chi connectivity index (χ2v) is 6.36. The van der Waals surface area contributed by atoms with Gasteiger partial charge in [-0.2, -0.15) is 0 Å². The Kier molecular flexibility index (Phi) is 3.94. The third-order valence-electron chi connectivity index (χ3n) is 3.58.